The number of hydrogen-bond donors (Lipinski definition) is 2. The summed E-state index contributed by atoms with van der Waals surface area (Å²) < 4.78 is 17.4. The molecule has 0 aliphatic rings. The second kappa shape index (κ2) is 14.4. The highest BCUT2D eigenvalue weighted by Gasteiger charge is 2.13. The van der Waals surface area contributed by atoms with Crippen molar-refractivity contribution < 1.29 is 23.8 Å². The van der Waals surface area contributed by atoms with Crippen LogP contribution in [0.5, 0.6) is 17.2 Å². The van der Waals surface area contributed by atoms with E-state index in [0.717, 1.165) is 11.3 Å². The van der Waals surface area contributed by atoms with Crippen LogP contribution in [-0.2, 0) is 16.2 Å². The van der Waals surface area contributed by atoms with Crippen molar-refractivity contribution in [3.8, 4) is 23.3 Å². The Kier molecular flexibility index (Phi) is 10.7. The third-order valence-corrected chi connectivity index (χ3v) is 5.78. The summed E-state index contributed by atoms with van der Waals surface area (Å²) in [6.07, 6.45) is 1.44. The number of halogens is 1. The van der Waals surface area contributed by atoms with E-state index in [-0.39, 0.29) is 25.4 Å². The topological polar surface area (TPSA) is 122 Å². The molecule has 0 saturated carbocycles. The van der Waals surface area contributed by atoms with Gasteiger partial charge in [-0.15, -0.1) is 0 Å². The van der Waals surface area contributed by atoms with Gasteiger partial charge in [-0.05, 0) is 70.9 Å². The maximum Gasteiger partial charge on any atom is 0.240 e. The lowest BCUT2D eigenvalue weighted by atomic mass is 10.1. The molecule has 0 heterocycles. The summed E-state index contributed by atoms with van der Waals surface area (Å²) in [6.45, 7) is 2.65. The fourth-order valence-electron chi connectivity index (χ4n) is 3.35. The van der Waals surface area contributed by atoms with E-state index < -0.39 is 5.91 Å². The van der Waals surface area contributed by atoms with E-state index in [4.69, 9.17) is 14.2 Å². The molecule has 2 N–H and O–H groups in total. The molecule has 196 valence electrons. The number of carbonyl (C=O) groups excluding carboxylic acids is 2. The monoisotopic (exact) mass is 578 g/mol. The predicted molar refractivity (Wildman–Crippen MR) is 147 cm³/mol. The van der Waals surface area contributed by atoms with Crippen LogP contribution in [0.1, 0.15) is 36.5 Å². The molecule has 3 aromatic rings. The third kappa shape index (κ3) is 8.35. The lowest BCUT2D eigenvalue weighted by Crippen LogP contribution is -2.20. The van der Waals surface area contributed by atoms with Crippen molar-refractivity contribution in [1.82, 2.24) is 5.43 Å². The van der Waals surface area contributed by atoms with Crippen LogP contribution < -0.4 is 25.0 Å². The van der Waals surface area contributed by atoms with Gasteiger partial charge in [0.25, 0.3) is 0 Å². The Morgan fingerprint density at radius 2 is 1.79 bits per heavy atom. The van der Waals surface area contributed by atoms with E-state index in [9.17, 15) is 14.9 Å². The van der Waals surface area contributed by atoms with Crippen LogP contribution in [0.3, 0.4) is 0 Å². The molecule has 10 heteroatoms. The number of rotatable bonds is 12. The van der Waals surface area contributed by atoms with Gasteiger partial charge >= 0.3 is 0 Å². The molecule has 3 rings (SSSR count). The van der Waals surface area contributed by atoms with E-state index in [1.807, 2.05) is 19.1 Å². The zero-order valence-electron chi connectivity index (χ0n) is 21.0. The molecule has 0 aromatic heterocycles. The standard InChI is InChI=1S/C28H27BrN4O5/c1-3-37-23-10-8-22(9-11-23)32-26(34)12-13-27(35)33-31-17-19-14-24(29)28(25(15-19)36-2)38-18-21-7-5-4-6-20(21)16-30/h4-11,14-15,17H,3,12-13,18H2,1-2H3,(H,32,34)(H,33,35). The molecule has 0 unspecified atom stereocenters. The summed E-state index contributed by atoms with van der Waals surface area (Å²) in [7, 11) is 1.51. The van der Waals surface area contributed by atoms with Crippen molar-refractivity contribution in [2.45, 2.75) is 26.4 Å². The molecule has 0 aliphatic carbocycles. The van der Waals surface area contributed by atoms with E-state index in [1.165, 1.54) is 13.3 Å². The number of anilines is 1. The van der Waals surface area contributed by atoms with Gasteiger partial charge in [0.15, 0.2) is 11.5 Å². The van der Waals surface area contributed by atoms with E-state index in [1.54, 1.807) is 48.5 Å². The van der Waals surface area contributed by atoms with Crippen molar-refractivity contribution in [2.75, 3.05) is 19.0 Å². The number of hydrogen-bond acceptors (Lipinski definition) is 7. The minimum Gasteiger partial charge on any atom is -0.494 e. The molecular formula is C28H27BrN4O5. The molecule has 3 aromatic carbocycles. The molecule has 0 spiro atoms. The number of nitriles is 1. The Morgan fingerprint density at radius 3 is 2.50 bits per heavy atom. The van der Waals surface area contributed by atoms with Gasteiger partial charge < -0.3 is 19.5 Å². The normalized spacial score (nSPS) is 10.5. The lowest BCUT2D eigenvalue weighted by molar-refractivity contribution is -0.124. The van der Waals surface area contributed by atoms with Crippen molar-refractivity contribution in [3.63, 3.8) is 0 Å². The average molecular weight is 579 g/mol. The van der Waals surface area contributed by atoms with E-state index >= 15 is 0 Å². The summed E-state index contributed by atoms with van der Waals surface area (Å²) in [4.78, 5) is 24.3. The highest BCUT2D eigenvalue weighted by molar-refractivity contribution is 9.10. The average Bonchev–Trinajstić information content (AvgIpc) is 2.92. The molecule has 0 fully saturated rings. The molecule has 0 atom stereocenters. The Hall–Kier alpha value is -4.36. The van der Waals surface area contributed by atoms with Gasteiger partial charge in [-0.1, -0.05) is 18.2 Å². The molecule has 0 radical (unpaired) electrons. The molecule has 0 bridgehead atoms. The molecule has 9 nitrogen and oxygen atoms in total. The van der Waals surface area contributed by atoms with Gasteiger partial charge in [0.05, 0.1) is 36.0 Å². The fraction of sp³-hybridized carbons (Fsp3) is 0.214. The fourth-order valence-corrected chi connectivity index (χ4v) is 3.92. The van der Waals surface area contributed by atoms with Gasteiger partial charge in [-0.25, -0.2) is 5.43 Å². The number of amides is 2. The zero-order chi connectivity index (χ0) is 27.3. The molecule has 38 heavy (non-hydrogen) atoms. The number of carbonyl (C=O) groups is 2. The van der Waals surface area contributed by atoms with E-state index in [2.05, 4.69) is 37.8 Å². The van der Waals surface area contributed by atoms with Crippen LogP contribution in [0, 0.1) is 11.3 Å². The second-order valence-corrected chi connectivity index (χ2v) is 8.74. The quantitative estimate of drug-likeness (QED) is 0.225. The van der Waals surface area contributed by atoms with Crippen LogP contribution in [0.25, 0.3) is 0 Å². The Bertz CT molecular complexity index is 1340. The first-order valence-electron chi connectivity index (χ1n) is 11.8. The molecular weight excluding hydrogens is 552 g/mol. The maximum absolute atomic E-state index is 12.1. The maximum atomic E-state index is 12.1. The summed E-state index contributed by atoms with van der Waals surface area (Å²) in [6, 6.07) is 19.8. The number of ether oxygens (including phenoxy) is 3. The Labute approximate surface area is 229 Å². The summed E-state index contributed by atoms with van der Waals surface area (Å²) in [5.74, 6) is 0.962. The van der Waals surface area contributed by atoms with Crippen LogP contribution in [0.2, 0.25) is 0 Å². The van der Waals surface area contributed by atoms with E-state index in [0.29, 0.717) is 39.4 Å². The smallest absolute Gasteiger partial charge is 0.240 e. The predicted octanol–water partition coefficient (Wildman–Crippen LogP) is 5.18. The van der Waals surface area contributed by atoms with Crippen molar-refractivity contribution >= 4 is 39.6 Å². The summed E-state index contributed by atoms with van der Waals surface area (Å²) in [5.41, 5.74) is 4.98. The SMILES string of the molecule is CCOc1ccc(NC(=O)CCC(=O)NN=Cc2cc(Br)c(OCc3ccccc3C#N)c(OC)c2)cc1. The van der Waals surface area contributed by atoms with Crippen molar-refractivity contribution in [3.05, 3.63) is 81.8 Å². The largest absolute Gasteiger partial charge is 0.494 e. The second-order valence-electron chi connectivity index (χ2n) is 7.89. The van der Waals surface area contributed by atoms with Gasteiger partial charge in [-0.2, -0.15) is 10.4 Å². The molecule has 0 saturated heterocycles. The highest BCUT2D eigenvalue weighted by Crippen LogP contribution is 2.37. The minimum absolute atomic E-state index is 0.00883. The first-order chi connectivity index (χ1) is 18.4. The van der Waals surface area contributed by atoms with Crippen molar-refractivity contribution in [2.24, 2.45) is 5.10 Å². The van der Waals surface area contributed by atoms with Gasteiger partial charge in [0.2, 0.25) is 11.8 Å². The third-order valence-electron chi connectivity index (χ3n) is 5.19. The lowest BCUT2D eigenvalue weighted by Gasteiger charge is -2.14. The van der Waals surface area contributed by atoms with Crippen LogP contribution in [-0.4, -0.2) is 31.7 Å². The summed E-state index contributed by atoms with van der Waals surface area (Å²) >= 11 is 3.48. The molecule has 0 aliphatic heterocycles. The number of nitrogens with zero attached hydrogens (tertiary/aromatic N) is 2. The zero-order valence-corrected chi connectivity index (χ0v) is 22.6. The Morgan fingerprint density at radius 1 is 1.05 bits per heavy atom. The minimum atomic E-state index is -0.398. The van der Waals surface area contributed by atoms with Gasteiger partial charge in [0, 0.05) is 24.1 Å². The van der Waals surface area contributed by atoms with Gasteiger partial charge in [-0.3, -0.25) is 9.59 Å². The number of nitrogens with one attached hydrogen (secondary N) is 2. The number of methoxy groups -OCH3 is 1. The summed E-state index contributed by atoms with van der Waals surface area (Å²) in [5, 5.41) is 16.0. The Balaban J connectivity index is 1.50. The van der Waals surface area contributed by atoms with Crippen LogP contribution >= 0.6 is 15.9 Å². The highest BCUT2D eigenvalue weighted by atomic mass is 79.9. The van der Waals surface area contributed by atoms with Crippen LogP contribution in [0.4, 0.5) is 5.69 Å². The molecule has 2 amide bonds. The first-order valence-corrected chi connectivity index (χ1v) is 12.6. The van der Waals surface area contributed by atoms with Crippen molar-refractivity contribution in [1.29, 1.82) is 5.26 Å². The van der Waals surface area contributed by atoms with Gasteiger partial charge in [0.1, 0.15) is 12.4 Å². The first kappa shape index (κ1) is 28.2. The number of hydrazone groups is 1. The number of benzene rings is 3. The van der Waals surface area contributed by atoms with Crippen LogP contribution in [0.15, 0.2) is 70.2 Å².